The molecule has 1 saturated heterocycles. The van der Waals surface area contributed by atoms with E-state index in [1.165, 1.54) is 40.5 Å². The van der Waals surface area contributed by atoms with E-state index in [1.54, 1.807) is 24.3 Å². The van der Waals surface area contributed by atoms with E-state index in [1.807, 2.05) is 24.4 Å². The summed E-state index contributed by atoms with van der Waals surface area (Å²) in [5.41, 5.74) is 0.823. The average Bonchev–Trinajstić information content (AvgIpc) is 3.42. The van der Waals surface area contributed by atoms with E-state index in [0.717, 1.165) is 16.2 Å². The lowest BCUT2D eigenvalue weighted by atomic mass is 10.1. The number of benzene rings is 2. The smallest absolute Gasteiger partial charge is 0.332 e. The van der Waals surface area contributed by atoms with Crippen LogP contribution in [0.1, 0.15) is 24.6 Å². The van der Waals surface area contributed by atoms with Gasteiger partial charge in [0.15, 0.2) is 0 Å². The number of rotatable bonds is 9. The first-order chi connectivity index (χ1) is 16.5. The minimum Gasteiger partial charge on any atom is -0.494 e. The van der Waals surface area contributed by atoms with Crippen LogP contribution < -0.4 is 15.0 Å². The second-order valence-corrected chi connectivity index (χ2v) is 8.81. The van der Waals surface area contributed by atoms with Crippen molar-refractivity contribution in [3.05, 3.63) is 76.7 Å². The highest BCUT2D eigenvalue weighted by Gasteiger charge is 2.46. The maximum Gasteiger partial charge on any atom is 0.332 e. The highest BCUT2D eigenvalue weighted by Crippen LogP contribution is 2.29. The lowest BCUT2D eigenvalue weighted by molar-refractivity contribution is -0.124. The van der Waals surface area contributed by atoms with Gasteiger partial charge in [-0.2, -0.15) is 0 Å². The number of nitrogens with zero attached hydrogens (tertiary/aromatic N) is 2. The summed E-state index contributed by atoms with van der Waals surface area (Å²) in [6, 6.07) is 14.3. The molecule has 4 rings (SSSR count). The van der Waals surface area contributed by atoms with E-state index in [2.05, 4.69) is 5.32 Å². The van der Waals surface area contributed by atoms with Crippen LogP contribution in [0.4, 0.5) is 20.6 Å². The maximum absolute atomic E-state index is 13.4. The maximum atomic E-state index is 13.4. The van der Waals surface area contributed by atoms with Crippen LogP contribution in [0.2, 0.25) is 0 Å². The van der Waals surface area contributed by atoms with Gasteiger partial charge in [0.05, 0.1) is 25.3 Å². The predicted molar refractivity (Wildman–Crippen MR) is 128 cm³/mol. The Kier molecular flexibility index (Phi) is 7.22. The third-order valence-electron chi connectivity index (χ3n) is 5.30. The van der Waals surface area contributed by atoms with Gasteiger partial charge in [-0.25, -0.2) is 14.1 Å². The SMILES string of the molecule is CCCOc1ccc(NC(=O)C[C@@H]2C(=O)N(c3ccc(F)cc3)C(=O)N2Cc2cccs2)cc1. The predicted octanol–water partition coefficient (Wildman–Crippen LogP) is 5.04. The zero-order valence-corrected chi connectivity index (χ0v) is 19.4. The molecule has 2 heterocycles. The van der Waals surface area contributed by atoms with Gasteiger partial charge in [-0.05, 0) is 66.4 Å². The molecule has 0 saturated carbocycles. The first-order valence-electron chi connectivity index (χ1n) is 10.9. The average molecular weight is 482 g/mol. The molecule has 9 heteroatoms. The normalized spacial score (nSPS) is 15.6. The number of imide groups is 1. The fourth-order valence-electron chi connectivity index (χ4n) is 3.65. The molecule has 1 fully saturated rings. The number of amides is 4. The summed E-state index contributed by atoms with van der Waals surface area (Å²) in [5, 5.41) is 4.66. The second kappa shape index (κ2) is 10.5. The molecule has 7 nitrogen and oxygen atoms in total. The van der Waals surface area contributed by atoms with Crippen LogP contribution in [-0.2, 0) is 16.1 Å². The van der Waals surface area contributed by atoms with E-state index in [0.29, 0.717) is 18.0 Å². The zero-order valence-electron chi connectivity index (χ0n) is 18.6. The summed E-state index contributed by atoms with van der Waals surface area (Å²) in [6.45, 7) is 2.82. The first kappa shape index (κ1) is 23.4. The van der Waals surface area contributed by atoms with Crippen LogP contribution in [0.3, 0.4) is 0 Å². The number of halogens is 1. The van der Waals surface area contributed by atoms with Crippen molar-refractivity contribution in [3.63, 3.8) is 0 Å². The van der Waals surface area contributed by atoms with Crippen LogP contribution in [-0.4, -0.2) is 35.4 Å². The third kappa shape index (κ3) is 5.26. The van der Waals surface area contributed by atoms with E-state index in [4.69, 9.17) is 4.74 Å². The summed E-state index contributed by atoms with van der Waals surface area (Å²) >= 11 is 1.46. The molecule has 0 unspecified atom stereocenters. The molecule has 1 aliphatic rings. The minimum absolute atomic E-state index is 0.196. The Morgan fingerprint density at radius 1 is 1.09 bits per heavy atom. The monoisotopic (exact) mass is 481 g/mol. The lowest BCUT2D eigenvalue weighted by Gasteiger charge is -2.21. The van der Waals surface area contributed by atoms with E-state index in [-0.39, 0.29) is 18.7 Å². The molecule has 0 radical (unpaired) electrons. The van der Waals surface area contributed by atoms with Gasteiger partial charge < -0.3 is 15.0 Å². The van der Waals surface area contributed by atoms with Gasteiger partial charge in [-0.1, -0.05) is 13.0 Å². The number of thiophene rings is 1. The molecule has 1 aromatic heterocycles. The van der Waals surface area contributed by atoms with E-state index in [9.17, 15) is 18.8 Å². The van der Waals surface area contributed by atoms with E-state index >= 15 is 0 Å². The number of nitrogens with one attached hydrogen (secondary N) is 1. The summed E-state index contributed by atoms with van der Waals surface area (Å²) in [5.74, 6) is -0.689. The van der Waals surface area contributed by atoms with Gasteiger partial charge in [-0.3, -0.25) is 9.59 Å². The van der Waals surface area contributed by atoms with Gasteiger partial charge in [0.1, 0.15) is 17.6 Å². The molecular weight excluding hydrogens is 457 g/mol. The molecule has 0 bridgehead atoms. The third-order valence-corrected chi connectivity index (χ3v) is 6.16. The van der Waals surface area contributed by atoms with Crippen molar-refractivity contribution in [1.82, 2.24) is 4.90 Å². The Bertz CT molecular complexity index is 1150. The topological polar surface area (TPSA) is 79.0 Å². The Labute approximate surface area is 200 Å². The molecule has 176 valence electrons. The Hall–Kier alpha value is -3.72. The molecular formula is C25H24FN3O4S. The number of carbonyl (C=O) groups excluding carboxylic acids is 3. The number of carbonyl (C=O) groups is 3. The minimum atomic E-state index is -0.980. The zero-order chi connectivity index (χ0) is 24.1. The number of hydrogen-bond acceptors (Lipinski definition) is 5. The Morgan fingerprint density at radius 3 is 2.47 bits per heavy atom. The molecule has 0 aliphatic carbocycles. The Morgan fingerprint density at radius 2 is 1.82 bits per heavy atom. The Balaban J connectivity index is 1.51. The molecule has 4 amide bonds. The fraction of sp³-hybridized carbons (Fsp3) is 0.240. The fourth-order valence-corrected chi connectivity index (χ4v) is 4.36. The first-order valence-corrected chi connectivity index (χ1v) is 11.8. The van der Waals surface area contributed by atoms with Gasteiger partial charge in [0.25, 0.3) is 5.91 Å². The summed E-state index contributed by atoms with van der Waals surface area (Å²) < 4.78 is 18.9. The van der Waals surface area contributed by atoms with Gasteiger partial charge in [-0.15, -0.1) is 11.3 Å². The lowest BCUT2D eigenvalue weighted by Crippen LogP contribution is -2.37. The summed E-state index contributed by atoms with van der Waals surface area (Å²) in [7, 11) is 0. The number of ether oxygens (including phenoxy) is 1. The van der Waals surface area contributed by atoms with Crippen LogP contribution in [0.15, 0.2) is 66.0 Å². The number of anilines is 2. The van der Waals surface area contributed by atoms with Gasteiger partial charge in [0.2, 0.25) is 5.91 Å². The molecule has 2 aromatic carbocycles. The van der Waals surface area contributed by atoms with Crippen molar-refractivity contribution in [2.24, 2.45) is 0 Å². The van der Waals surface area contributed by atoms with Crippen molar-refractivity contribution >= 4 is 40.6 Å². The molecule has 3 aromatic rings. The molecule has 1 N–H and O–H groups in total. The van der Waals surface area contributed by atoms with Crippen molar-refractivity contribution in [1.29, 1.82) is 0 Å². The molecule has 1 aliphatic heterocycles. The number of hydrogen-bond donors (Lipinski definition) is 1. The van der Waals surface area contributed by atoms with Crippen molar-refractivity contribution < 1.29 is 23.5 Å². The highest BCUT2D eigenvalue weighted by atomic mass is 32.1. The molecule has 1 atom stereocenters. The largest absolute Gasteiger partial charge is 0.494 e. The van der Waals surface area contributed by atoms with Crippen molar-refractivity contribution in [3.8, 4) is 5.75 Å². The van der Waals surface area contributed by atoms with Crippen molar-refractivity contribution in [2.45, 2.75) is 32.4 Å². The number of urea groups is 1. The van der Waals surface area contributed by atoms with Crippen LogP contribution in [0.25, 0.3) is 0 Å². The van der Waals surface area contributed by atoms with E-state index < -0.39 is 29.7 Å². The molecule has 0 spiro atoms. The standard InChI is InChI=1S/C25H24FN3O4S/c1-2-13-33-20-11-7-18(8-12-20)27-23(30)15-22-24(31)29(19-9-5-17(26)6-10-19)25(32)28(22)16-21-4-3-14-34-21/h3-12,14,22H,2,13,15-16H2,1H3,(H,27,30)/t22-/m1/s1. The summed E-state index contributed by atoms with van der Waals surface area (Å²) in [4.78, 5) is 42.5. The van der Waals surface area contributed by atoms with Crippen molar-refractivity contribution in [2.75, 3.05) is 16.8 Å². The highest BCUT2D eigenvalue weighted by molar-refractivity contribution is 7.09. The quantitative estimate of drug-likeness (QED) is 0.434. The van der Waals surface area contributed by atoms with Gasteiger partial charge >= 0.3 is 6.03 Å². The van der Waals surface area contributed by atoms with Crippen LogP contribution >= 0.6 is 11.3 Å². The van der Waals surface area contributed by atoms with Crippen LogP contribution in [0.5, 0.6) is 5.75 Å². The van der Waals surface area contributed by atoms with Gasteiger partial charge in [0, 0.05) is 10.6 Å². The van der Waals surface area contributed by atoms with Crippen LogP contribution in [0, 0.1) is 5.82 Å². The second-order valence-electron chi connectivity index (χ2n) is 7.78. The molecule has 34 heavy (non-hydrogen) atoms. The summed E-state index contributed by atoms with van der Waals surface area (Å²) in [6.07, 6.45) is 0.686.